The minimum absolute atomic E-state index is 0.417. The van der Waals surface area contributed by atoms with Gasteiger partial charge >= 0.3 is 0 Å². The molecule has 0 atom stereocenters. The van der Waals surface area contributed by atoms with E-state index < -0.39 is 0 Å². The van der Waals surface area contributed by atoms with Crippen LogP contribution in [0.5, 0.6) is 0 Å². The third kappa shape index (κ3) is 2.01. The molecule has 5 heteroatoms. The van der Waals surface area contributed by atoms with E-state index in [1.165, 1.54) is 12.4 Å². The molecule has 0 radical (unpaired) electrons. The van der Waals surface area contributed by atoms with Crippen LogP contribution in [0, 0.1) is 6.92 Å². The normalized spacial score (nSPS) is 9.93. The molecule has 0 saturated heterocycles. The third-order valence-corrected chi connectivity index (χ3v) is 1.79. The van der Waals surface area contributed by atoms with Crippen LogP contribution in [0.1, 0.15) is 15.9 Å². The summed E-state index contributed by atoms with van der Waals surface area (Å²) >= 11 is 0. The monoisotopic (exact) mass is 200 g/mol. The molecular weight excluding hydrogens is 192 g/mol. The van der Waals surface area contributed by atoms with Gasteiger partial charge in [-0.25, -0.2) is 19.9 Å². The third-order valence-electron chi connectivity index (χ3n) is 1.79. The van der Waals surface area contributed by atoms with Crippen LogP contribution in [0.4, 0.5) is 0 Å². The van der Waals surface area contributed by atoms with E-state index >= 15 is 0 Å². The summed E-state index contributed by atoms with van der Waals surface area (Å²) in [7, 11) is 0. The van der Waals surface area contributed by atoms with Crippen molar-refractivity contribution in [2.45, 2.75) is 6.92 Å². The molecule has 0 saturated carbocycles. The highest BCUT2D eigenvalue weighted by atomic mass is 16.1. The van der Waals surface area contributed by atoms with Gasteiger partial charge in [0, 0.05) is 24.8 Å². The summed E-state index contributed by atoms with van der Waals surface area (Å²) < 4.78 is 0. The first kappa shape index (κ1) is 9.39. The maximum absolute atomic E-state index is 10.4. The molecule has 2 rings (SSSR count). The van der Waals surface area contributed by atoms with Gasteiger partial charge in [0.05, 0.1) is 5.56 Å². The maximum Gasteiger partial charge on any atom is 0.197 e. The fraction of sp³-hybridized carbons (Fsp3) is 0.100. The van der Waals surface area contributed by atoms with E-state index in [1.54, 1.807) is 12.4 Å². The summed E-state index contributed by atoms with van der Waals surface area (Å²) in [6.07, 6.45) is 6.97. The highest BCUT2D eigenvalue weighted by Gasteiger charge is 2.03. The van der Waals surface area contributed by atoms with Crippen LogP contribution in [0.25, 0.3) is 11.6 Å². The van der Waals surface area contributed by atoms with Gasteiger partial charge < -0.3 is 0 Å². The van der Waals surface area contributed by atoms with Crippen molar-refractivity contribution in [2.75, 3.05) is 0 Å². The molecule has 0 bridgehead atoms. The number of aldehydes is 1. The van der Waals surface area contributed by atoms with E-state index in [0.29, 0.717) is 23.5 Å². The van der Waals surface area contributed by atoms with Crippen molar-refractivity contribution in [3.63, 3.8) is 0 Å². The van der Waals surface area contributed by atoms with E-state index in [-0.39, 0.29) is 0 Å². The highest BCUT2D eigenvalue weighted by Crippen LogP contribution is 2.07. The minimum atomic E-state index is 0.417. The lowest BCUT2D eigenvalue weighted by Gasteiger charge is -1.97. The summed E-state index contributed by atoms with van der Waals surface area (Å²) in [5.74, 6) is 0.874. The average molecular weight is 200 g/mol. The first-order valence-corrected chi connectivity index (χ1v) is 4.36. The predicted octanol–water partition coefficient (Wildman–Crippen LogP) is 1.05. The lowest BCUT2D eigenvalue weighted by Crippen LogP contribution is -1.96. The van der Waals surface area contributed by atoms with Crippen molar-refractivity contribution in [1.82, 2.24) is 19.9 Å². The minimum Gasteiger partial charge on any atom is -0.298 e. The van der Waals surface area contributed by atoms with Gasteiger partial charge in [-0.2, -0.15) is 0 Å². The highest BCUT2D eigenvalue weighted by molar-refractivity contribution is 5.73. The van der Waals surface area contributed by atoms with Crippen LogP contribution in [0.2, 0.25) is 0 Å². The molecule has 15 heavy (non-hydrogen) atoms. The molecule has 0 spiro atoms. The Morgan fingerprint density at radius 3 is 1.87 bits per heavy atom. The van der Waals surface area contributed by atoms with E-state index in [4.69, 9.17) is 0 Å². The predicted molar refractivity (Wildman–Crippen MR) is 53.2 cm³/mol. The largest absolute Gasteiger partial charge is 0.298 e. The van der Waals surface area contributed by atoms with Crippen LogP contribution in [-0.2, 0) is 0 Å². The Morgan fingerprint density at radius 2 is 1.40 bits per heavy atom. The Bertz CT molecular complexity index is 464. The zero-order chi connectivity index (χ0) is 10.7. The molecule has 0 N–H and O–H groups in total. The topological polar surface area (TPSA) is 68.6 Å². The molecule has 0 aliphatic rings. The van der Waals surface area contributed by atoms with Gasteiger partial charge in [0.2, 0.25) is 0 Å². The Kier molecular flexibility index (Phi) is 2.45. The zero-order valence-corrected chi connectivity index (χ0v) is 8.08. The van der Waals surface area contributed by atoms with Crippen molar-refractivity contribution < 1.29 is 4.79 Å². The fourth-order valence-corrected chi connectivity index (χ4v) is 1.02. The zero-order valence-electron chi connectivity index (χ0n) is 8.08. The van der Waals surface area contributed by atoms with Gasteiger partial charge in [-0.05, 0) is 12.5 Å². The molecular formula is C10H8N4O. The number of aryl methyl sites for hydroxylation is 1. The Labute approximate surface area is 86.3 Å². The van der Waals surface area contributed by atoms with E-state index in [9.17, 15) is 4.79 Å². The number of rotatable bonds is 2. The number of nitrogens with zero attached hydrogens (tertiary/aromatic N) is 4. The summed E-state index contributed by atoms with van der Waals surface area (Å²) in [6, 6.07) is 0. The first-order chi connectivity index (χ1) is 7.29. The van der Waals surface area contributed by atoms with Crippen molar-refractivity contribution in [1.29, 1.82) is 0 Å². The number of aromatic nitrogens is 4. The Hall–Kier alpha value is -2.17. The van der Waals surface area contributed by atoms with Gasteiger partial charge in [0.15, 0.2) is 17.9 Å². The molecule has 0 unspecified atom stereocenters. The van der Waals surface area contributed by atoms with Crippen molar-refractivity contribution >= 4 is 6.29 Å². The molecule has 5 nitrogen and oxygen atoms in total. The number of hydrogen-bond donors (Lipinski definition) is 0. The smallest absolute Gasteiger partial charge is 0.197 e. The molecule has 2 aromatic heterocycles. The number of hydrogen-bond acceptors (Lipinski definition) is 5. The summed E-state index contributed by atoms with van der Waals surface area (Å²) in [5.41, 5.74) is 1.41. The second-order valence-electron chi connectivity index (χ2n) is 3.04. The Morgan fingerprint density at radius 1 is 0.933 bits per heavy atom. The van der Waals surface area contributed by atoms with Gasteiger partial charge in [-0.3, -0.25) is 4.79 Å². The molecule has 0 amide bonds. The quantitative estimate of drug-likeness (QED) is 0.678. The molecule has 0 aliphatic carbocycles. The molecule has 2 aromatic rings. The van der Waals surface area contributed by atoms with Gasteiger partial charge in [0.1, 0.15) is 0 Å². The molecule has 0 fully saturated rings. The summed E-state index contributed by atoms with van der Waals surface area (Å²) in [4.78, 5) is 26.5. The summed E-state index contributed by atoms with van der Waals surface area (Å²) in [5, 5.41) is 0. The van der Waals surface area contributed by atoms with Gasteiger partial charge in [-0.15, -0.1) is 0 Å². The van der Waals surface area contributed by atoms with E-state index in [0.717, 1.165) is 5.56 Å². The van der Waals surface area contributed by atoms with Crippen molar-refractivity contribution in [3.8, 4) is 11.6 Å². The number of carbonyl (C=O) groups excluding carboxylic acids is 1. The van der Waals surface area contributed by atoms with Crippen LogP contribution in [0.3, 0.4) is 0 Å². The molecule has 2 heterocycles. The molecule has 0 aromatic carbocycles. The number of carbonyl (C=O) groups is 1. The standard InChI is InChI=1S/C10H8N4O/c1-7-2-11-9(12-3-7)10-13-4-8(6-15)5-14-10/h2-6H,1H3. The average Bonchev–Trinajstić information content (AvgIpc) is 2.30. The first-order valence-electron chi connectivity index (χ1n) is 4.36. The second-order valence-corrected chi connectivity index (χ2v) is 3.04. The SMILES string of the molecule is Cc1cnc(-c2ncc(C=O)cn2)nc1. The van der Waals surface area contributed by atoms with E-state index in [2.05, 4.69) is 19.9 Å². The van der Waals surface area contributed by atoms with Crippen molar-refractivity contribution in [3.05, 3.63) is 35.9 Å². The van der Waals surface area contributed by atoms with Crippen LogP contribution >= 0.6 is 0 Å². The maximum atomic E-state index is 10.4. The summed E-state index contributed by atoms with van der Waals surface area (Å²) in [6.45, 7) is 1.90. The lowest BCUT2D eigenvalue weighted by molar-refractivity contribution is 0.112. The lowest BCUT2D eigenvalue weighted by atomic mass is 10.3. The van der Waals surface area contributed by atoms with Crippen LogP contribution in [-0.4, -0.2) is 26.2 Å². The van der Waals surface area contributed by atoms with Gasteiger partial charge in [0.25, 0.3) is 0 Å². The molecule has 74 valence electrons. The van der Waals surface area contributed by atoms with Crippen molar-refractivity contribution in [2.24, 2.45) is 0 Å². The van der Waals surface area contributed by atoms with Crippen LogP contribution < -0.4 is 0 Å². The van der Waals surface area contributed by atoms with Gasteiger partial charge in [-0.1, -0.05) is 0 Å². The fourth-order valence-electron chi connectivity index (χ4n) is 1.02. The van der Waals surface area contributed by atoms with Crippen LogP contribution in [0.15, 0.2) is 24.8 Å². The van der Waals surface area contributed by atoms with E-state index in [1.807, 2.05) is 6.92 Å². The second kappa shape index (κ2) is 3.91. The Balaban J connectivity index is 2.37. The molecule has 0 aliphatic heterocycles.